The summed E-state index contributed by atoms with van der Waals surface area (Å²) in [5.74, 6) is 0.972. The van der Waals surface area contributed by atoms with Gasteiger partial charge in [-0.2, -0.15) is 0 Å². The van der Waals surface area contributed by atoms with Crippen LogP contribution in [0.2, 0.25) is 10.0 Å². The van der Waals surface area contributed by atoms with E-state index in [2.05, 4.69) is 15.2 Å². The van der Waals surface area contributed by atoms with Gasteiger partial charge in [0.05, 0.1) is 18.8 Å². The van der Waals surface area contributed by atoms with Crippen LogP contribution in [0.15, 0.2) is 23.2 Å². The molecule has 2 fully saturated rings. The molecule has 0 aromatic heterocycles. The van der Waals surface area contributed by atoms with Gasteiger partial charge in [-0.3, -0.25) is 4.99 Å². The predicted octanol–water partition coefficient (Wildman–Crippen LogP) is 4.78. The summed E-state index contributed by atoms with van der Waals surface area (Å²) in [7, 11) is 1.85. The highest BCUT2D eigenvalue weighted by atomic mass is 127. The fourth-order valence-electron chi connectivity index (χ4n) is 3.79. The second-order valence-corrected chi connectivity index (χ2v) is 8.31. The van der Waals surface area contributed by atoms with Crippen molar-refractivity contribution in [2.24, 2.45) is 4.99 Å². The van der Waals surface area contributed by atoms with Crippen LogP contribution < -0.4 is 5.32 Å². The summed E-state index contributed by atoms with van der Waals surface area (Å²) in [5, 5.41) is 4.89. The van der Waals surface area contributed by atoms with Crippen LogP contribution in [0, 0.1) is 0 Å². The van der Waals surface area contributed by atoms with E-state index in [4.69, 9.17) is 32.7 Å². The minimum atomic E-state index is 0. The number of rotatable bonds is 7. The average molecular weight is 556 g/mol. The van der Waals surface area contributed by atoms with Crippen LogP contribution >= 0.6 is 47.2 Å². The Balaban J connectivity index is 0.00000300. The summed E-state index contributed by atoms with van der Waals surface area (Å²) in [6, 6.07) is 5.69. The summed E-state index contributed by atoms with van der Waals surface area (Å²) >= 11 is 12.2. The van der Waals surface area contributed by atoms with E-state index < -0.39 is 0 Å². The van der Waals surface area contributed by atoms with Crippen LogP contribution in [0.3, 0.4) is 0 Å². The van der Waals surface area contributed by atoms with Gasteiger partial charge in [0.25, 0.3) is 0 Å². The minimum absolute atomic E-state index is 0. The number of piperidine rings is 1. The number of benzene rings is 1. The maximum atomic E-state index is 6.24. The van der Waals surface area contributed by atoms with E-state index in [-0.39, 0.29) is 24.0 Å². The molecule has 0 amide bonds. The molecule has 2 aliphatic heterocycles. The van der Waals surface area contributed by atoms with E-state index in [1.807, 2.05) is 19.2 Å². The fraction of sp³-hybridized carbons (Fsp3) is 0.667. The number of likely N-dealkylation sites (tertiary alicyclic amines) is 1. The average Bonchev–Trinajstić information content (AvgIpc) is 3.22. The summed E-state index contributed by atoms with van der Waals surface area (Å²) in [4.78, 5) is 6.77. The Morgan fingerprint density at radius 1 is 1.28 bits per heavy atom. The Morgan fingerprint density at radius 2 is 2.07 bits per heavy atom. The molecule has 29 heavy (non-hydrogen) atoms. The Morgan fingerprint density at radius 3 is 2.72 bits per heavy atom. The van der Waals surface area contributed by atoms with Crippen LogP contribution in [0.1, 0.15) is 37.7 Å². The van der Waals surface area contributed by atoms with E-state index >= 15 is 0 Å². The molecule has 1 aromatic rings. The molecular formula is C21H32Cl2IN3O2. The normalized spacial score (nSPS) is 20.6. The van der Waals surface area contributed by atoms with Crippen LogP contribution in [-0.2, 0) is 15.9 Å². The van der Waals surface area contributed by atoms with Gasteiger partial charge in [-0.05, 0) is 56.2 Å². The first-order valence-electron chi connectivity index (χ1n) is 10.3. The number of ether oxygens (including phenoxy) is 2. The maximum Gasteiger partial charge on any atom is 0.193 e. The molecule has 0 saturated carbocycles. The molecule has 0 bridgehead atoms. The molecular weight excluding hydrogens is 524 g/mol. The van der Waals surface area contributed by atoms with Gasteiger partial charge < -0.3 is 19.7 Å². The van der Waals surface area contributed by atoms with Crippen LogP contribution in [0.5, 0.6) is 0 Å². The first kappa shape index (κ1) is 25.0. The minimum Gasteiger partial charge on any atom is -0.376 e. The highest BCUT2D eigenvalue weighted by Crippen LogP contribution is 2.22. The van der Waals surface area contributed by atoms with Crippen LogP contribution in [-0.4, -0.2) is 63.0 Å². The van der Waals surface area contributed by atoms with Crippen molar-refractivity contribution in [3.05, 3.63) is 33.8 Å². The van der Waals surface area contributed by atoms with Gasteiger partial charge >= 0.3 is 0 Å². The second-order valence-electron chi connectivity index (χ2n) is 7.47. The van der Waals surface area contributed by atoms with Crippen molar-refractivity contribution in [1.29, 1.82) is 0 Å². The molecule has 8 heteroatoms. The lowest BCUT2D eigenvalue weighted by molar-refractivity contribution is -0.0367. The van der Waals surface area contributed by atoms with Gasteiger partial charge in [0, 0.05) is 43.3 Å². The highest BCUT2D eigenvalue weighted by molar-refractivity contribution is 14.0. The van der Waals surface area contributed by atoms with E-state index in [9.17, 15) is 0 Å². The van der Waals surface area contributed by atoms with Gasteiger partial charge in [0.2, 0.25) is 0 Å². The molecule has 2 aliphatic rings. The molecule has 1 atom stereocenters. The van der Waals surface area contributed by atoms with Crippen molar-refractivity contribution < 1.29 is 9.47 Å². The Bertz CT molecular complexity index is 649. The molecule has 1 N–H and O–H groups in total. The molecule has 0 spiro atoms. The number of hydrogen-bond donors (Lipinski definition) is 1. The van der Waals surface area contributed by atoms with Gasteiger partial charge in [0.15, 0.2) is 5.96 Å². The molecule has 0 radical (unpaired) electrons. The van der Waals surface area contributed by atoms with E-state index in [0.717, 1.165) is 81.5 Å². The molecule has 0 aliphatic carbocycles. The topological polar surface area (TPSA) is 46.1 Å². The number of nitrogens with one attached hydrogen (secondary N) is 1. The number of aliphatic imine (C=N–C) groups is 1. The smallest absolute Gasteiger partial charge is 0.193 e. The lowest BCUT2D eigenvalue weighted by Gasteiger charge is -2.34. The number of hydrogen-bond acceptors (Lipinski definition) is 3. The Hall–Kier alpha value is -0.280. The molecule has 5 nitrogen and oxygen atoms in total. The van der Waals surface area contributed by atoms with Gasteiger partial charge in [-0.25, -0.2) is 0 Å². The maximum absolute atomic E-state index is 6.24. The predicted molar refractivity (Wildman–Crippen MR) is 131 cm³/mol. The zero-order chi connectivity index (χ0) is 19.8. The second kappa shape index (κ2) is 13.2. The van der Waals surface area contributed by atoms with Crippen molar-refractivity contribution in [1.82, 2.24) is 10.2 Å². The molecule has 164 valence electrons. The van der Waals surface area contributed by atoms with Crippen LogP contribution in [0.4, 0.5) is 0 Å². The molecule has 3 rings (SSSR count). The quantitative estimate of drug-likeness (QED) is 0.228. The van der Waals surface area contributed by atoms with Gasteiger partial charge in [-0.1, -0.05) is 29.3 Å². The van der Waals surface area contributed by atoms with Crippen LogP contribution in [0.25, 0.3) is 0 Å². The zero-order valence-corrected chi connectivity index (χ0v) is 20.9. The fourth-order valence-corrected chi connectivity index (χ4v) is 4.29. The number of halogens is 3. The first-order valence-corrected chi connectivity index (χ1v) is 11.0. The molecule has 2 saturated heterocycles. The standard InChI is InChI=1S/C21H31Cl2N3O2.HI/c1-24-21(25-10-2-4-16-6-7-17(22)14-20(16)23)26-11-8-18(9-12-26)28-15-19-5-3-13-27-19;/h6-7,14,18-19H,2-5,8-13,15H2,1H3,(H,24,25);1H. The molecule has 1 unspecified atom stereocenters. The van der Waals surface area contributed by atoms with E-state index in [1.165, 1.54) is 6.42 Å². The third-order valence-corrected chi connectivity index (χ3v) is 6.00. The van der Waals surface area contributed by atoms with Gasteiger partial charge in [0.1, 0.15) is 0 Å². The molecule has 2 heterocycles. The van der Waals surface area contributed by atoms with Crippen molar-refractivity contribution in [2.45, 2.75) is 50.7 Å². The Kier molecular flexibility index (Phi) is 11.4. The number of guanidine groups is 1. The summed E-state index contributed by atoms with van der Waals surface area (Å²) in [6.45, 7) is 4.43. The molecule has 1 aromatic carbocycles. The first-order chi connectivity index (χ1) is 13.7. The van der Waals surface area contributed by atoms with E-state index in [1.54, 1.807) is 6.07 Å². The lowest BCUT2D eigenvalue weighted by Crippen LogP contribution is -2.47. The third-order valence-electron chi connectivity index (χ3n) is 5.42. The zero-order valence-electron chi connectivity index (χ0n) is 17.0. The third kappa shape index (κ3) is 8.05. The van der Waals surface area contributed by atoms with Gasteiger partial charge in [-0.15, -0.1) is 24.0 Å². The summed E-state index contributed by atoms with van der Waals surface area (Å²) in [5.41, 5.74) is 1.13. The summed E-state index contributed by atoms with van der Waals surface area (Å²) in [6.07, 6.45) is 6.92. The van der Waals surface area contributed by atoms with Crippen molar-refractivity contribution in [3.63, 3.8) is 0 Å². The Labute approximate surface area is 201 Å². The van der Waals surface area contributed by atoms with Crippen molar-refractivity contribution >= 4 is 53.1 Å². The largest absolute Gasteiger partial charge is 0.376 e. The summed E-state index contributed by atoms with van der Waals surface area (Å²) < 4.78 is 11.7. The van der Waals surface area contributed by atoms with E-state index in [0.29, 0.717) is 17.2 Å². The SMILES string of the molecule is CN=C(NCCCc1ccc(Cl)cc1Cl)N1CCC(OCC2CCCO2)CC1.I. The monoisotopic (exact) mass is 555 g/mol. The lowest BCUT2D eigenvalue weighted by atomic mass is 10.1. The van der Waals surface area contributed by atoms with Crippen molar-refractivity contribution in [2.75, 3.05) is 39.9 Å². The van der Waals surface area contributed by atoms with Crippen molar-refractivity contribution in [3.8, 4) is 0 Å². The number of aryl methyl sites for hydroxylation is 1. The highest BCUT2D eigenvalue weighted by Gasteiger charge is 2.24. The number of nitrogens with zero attached hydrogens (tertiary/aromatic N) is 2.